The van der Waals surface area contributed by atoms with Crippen LogP contribution in [0, 0.1) is 19.8 Å². The molecular weight excluding hydrogens is 376 g/mol. The number of hydrogen-bond acceptors (Lipinski definition) is 3. The molecule has 0 bridgehead atoms. The van der Waals surface area contributed by atoms with Crippen LogP contribution in [0.1, 0.15) is 32.9 Å². The summed E-state index contributed by atoms with van der Waals surface area (Å²) >= 11 is 0. The summed E-state index contributed by atoms with van der Waals surface area (Å²) in [7, 11) is 0. The van der Waals surface area contributed by atoms with Gasteiger partial charge in [-0.05, 0) is 43.7 Å². The predicted molar refractivity (Wildman–Crippen MR) is 93.4 cm³/mol. The highest BCUT2D eigenvalue weighted by atomic mass is 19.4. The zero-order valence-corrected chi connectivity index (χ0v) is 15.0. The average molecular weight is 392 g/mol. The molecule has 0 aliphatic carbocycles. The molecule has 3 rings (SSSR count). The van der Waals surface area contributed by atoms with E-state index in [-0.39, 0.29) is 23.4 Å². The zero-order chi connectivity index (χ0) is 20.5. The lowest BCUT2D eigenvalue weighted by Crippen LogP contribution is -2.25. The molecule has 28 heavy (non-hydrogen) atoms. The molecule has 9 heteroatoms. The lowest BCUT2D eigenvalue weighted by atomic mass is 10.1. The third kappa shape index (κ3) is 4.19. The summed E-state index contributed by atoms with van der Waals surface area (Å²) in [5.74, 6) is -1.55. The first-order chi connectivity index (χ1) is 13.1. The van der Waals surface area contributed by atoms with Crippen LogP contribution in [0.2, 0.25) is 0 Å². The Morgan fingerprint density at radius 1 is 1.14 bits per heavy atom. The van der Waals surface area contributed by atoms with Gasteiger partial charge in [-0.1, -0.05) is 6.07 Å². The van der Waals surface area contributed by atoms with Gasteiger partial charge >= 0.3 is 6.18 Å². The highest BCUT2D eigenvalue weighted by Crippen LogP contribution is 2.33. The van der Waals surface area contributed by atoms with E-state index >= 15 is 0 Å². The van der Waals surface area contributed by atoms with Gasteiger partial charge in [0.1, 0.15) is 0 Å². The molecule has 146 valence electrons. The maximum atomic E-state index is 13.5. The van der Waals surface area contributed by atoms with Gasteiger partial charge in [-0.15, -0.1) is 0 Å². The van der Waals surface area contributed by atoms with E-state index in [4.69, 9.17) is 0 Å². The van der Waals surface area contributed by atoms with Crippen LogP contribution < -0.4 is 5.32 Å². The molecule has 2 aromatic heterocycles. The van der Waals surface area contributed by atoms with E-state index in [1.165, 1.54) is 22.9 Å². The summed E-state index contributed by atoms with van der Waals surface area (Å²) in [6, 6.07) is 7.73. The van der Waals surface area contributed by atoms with Crippen LogP contribution in [0.4, 0.5) is 17.6 Å². The quantitative estimate of drug-likeness (QED) is 0.540. The number of nitrogens with one attached hydrogen (secondary N) is 1. The van der Waals surface area contributed by atoms with E-state index < -0.39 is 23.6 Å². The normalized spacial score (nSPS) is 11.5. The van der Waals surface area contributed by atoms with Crippen LogP contribution in [0.25, 0.3) is 5.69 Å². The average Bonchev–Trinajstić information content (AvgIpc) is 2.97. The van der Waals surface area contributed by atoms with Crippen molar-refractivity contribution in [1.82, 2.24) is 20.1 Å². The molecule has 0 fully saturated rings. The second-order valence-electron chi connectivity index (χ2n) is 6.23. The van der Waals surface area contributed by atoms with Gasteiger partial charge in [0.15, 0.2) is 0 Å². The maximum absolute atomic E-state index is 13.5. The number of aryl methyl sites for hydroxylation is 2. The Hall–Kier alpha value is -3.23. The van der Waals surface area contributed by atoms with Crippen LogP contribution in [0.5, 0.6) is 0 Å². The largest absolute Gasteiger partial charge is 0.416 e. The van der Waals surface area contributed by atoms with E-state index in [9.17, 15) is 22.4 Å². The van der Waals surface area contributed by atoms with Crippen molar-refractivity contribution in [2.24, 2.45) is 0 Å². The SMILES string of the molecule is Cc1cc(C)n(-c2ccc(CNC(=O)c3ccnc(F)c3)c(C(F)(F)F)c2)n1. The van der Waals surface area contributed by atoms with Crippen molar-refractivity contribution < 1.29 is 22.4 Å². The topological polar surface area (TPSA) is 59.8 Å². The number of nitrogens with zero attached hydrogens (tertiary/aromatic N) is 3. The molecule has 1 amide bonds. The van der Waals surface area contributed by atoms with Gasteiger partial charge < -0.3 is 5.32 Å². The Morgan fingerprint density at radius 2 is 1.89 bits per heavy atom. The van der Waals surface area contributed by atoms with E-state index in [0.717, 1.165) is 18.3 Å². The predicted octanol–water partition coefficient (Wildman–Crippen LogP) is 3.97. The molecule has 0 aliphatic rings. The highest BCUT2D eigenvalue weighted by molar-refractivity contribution is 5.93. The molecular formula is C19H16F4N4O. The molecule has 1 N–H and O–H groups in total. The number of aromatic nitrogens is 3. The minimum atomic E-state index is -4.62. The number of benzene rings is 1. The van der Waals surface area contributed by atoms with Crippen molar-refractivity contribution in [1.29, 1.82) is 0 Å². The smallest absolute Gasteiger partial charge is 0.348 e. The molecule has 3 aromatic rings. The van der Waals surface area contributed by atoms with Gasteiger partial charge in [0.2, 0.25) is 5.95 Å². The zero-order valence-electron chi connectivity index (χ0n) is 15.0. The lowest BCUT2D eigenvalue weighted by molar-refractivity contribution is -0.138. The van der Waals surface area contributed by atoms with E-state index in [1.807, 2.05) is 0 Å². The Balaban J connectivity index is 1.88. The minimum absolute atomic E-state index is 0.0275. The van der Waals surface area contributed by atoms with Gasteiger partial charge in [0.05, 0.1) is 16.9 Å². The van der Waals surface area contributed by atoms with Crippen LogP contribution in [0.3, 0.4) is 0 Å². The Bertz CT molecular complexity index is 1030. The molecule has 0 radical (unpaired) electrons. The fraction of sp³-hybridized carbons (Fsp3) is 0.211. The van der Waals surface area contributed by atoms with Crippen molar-refractivity contribution in [2.45, 2.75) is 26.6 Å². The van der Waals surface area contributed by atoms with E-state index in [1.54, 1.807) is 19.9 Å². The number of pyridine rings is 1. The van der Waals surface area contributed by atoms with Gasteiger partial charge in [0.25, 0.3) is 5.91 Å². The number of halogens is 4. The molecule has 5 nitrogen and oxygen atoms in total. The maximum Gasteiger partial charge on any atom is 0.416 e. The van der Waals surface area contributed by atoms with E-state index in [0.29, 0.717) is 11.4 Å². The summed E-state index contributed by atoms with van der Waals surface area (Å²) < 4.78 is 55.2. The molecule has 0 saturated carbocycles. The number of alkyl halides is 3. The highest BCUT2D eigenvalue weighted by Gasteiger charge is 2.34. The van der Waals surface area contributed by atoms with Crippen LogP contribution >= 0.6 is 0 Å². The Morgan fingerprint density at radius 3 is 2.50 bits per heavy atom. The fourth-order valence-electron chi connectivity index (χ4n) is 2.83. The van der Waals surface area contributed by atoms with Crippen LogP contribution in [0.15, 0.2) is 42.6 Å². The Kier molecular flexibility index (Phi) is 5.17. The number of carbonyl (C=O) groups is 1. The number of hydrogen-bond donors (Lipinski definition) is 1. The standard InChI is InChI=1S/C19H16F4N4O/c1-11-7-12(2)27(26-11)15-4-3-14(16(9-15)19(21,22)23)10-25-18(28)13-5-6-24-17(20)8-13/h3-9H,10H2,1-2H3,(H,25,28). The number of carbonyl (C=O) groups excluding carboxylic acids is 1. The fourth-order valence-corrected chi connectivity index (χ4v) is 2.83. The van der Waals surface area contributed by atoms with Crippen molar-refractivity contribution in [3.8, 4) is 5.69 Å². The summed E-state index contributed by atoms with van der Waals surface area (Å²) in [4.78, 5) is 15.4. The molecule has 1 aromatic carbocycles. The summed E-state index contributed by atoms with van der Waals surface area (Å²) in [5, 5.41) is 6.57. The number of amides is 1. The summed E-state index contributed by atoms with van der Waals surface area (Å²) in [6.45, 7) is 3.13. The lowest BCUT2D eigenvalue weighted by Gasteiger charge is -2.16. The van der Waals surface area contributed by atoms with Gasteiger partial charge in [-0.2, -0.15) is 22.7 Å². The molecule has 2 heterocycles. The summed E-state index contributed by atoms with van der Waals surface area (Å²) in [5.41, 5.74) is 0.641. The van der Waals surface area contributed by atoms with Crippen molar-refractivity contribution >= 4 is 5.91 Å². The second kappa shape index (κ2) is 7.41. The third-order valence-corrected chi connectivity index (χ3v) is 4.08. The van der Waals surface area contributed by atoms with Gasteiger partial charge in [-0.25, -0.2) is 9.67 Å². The van der Waals surface area contributed by atoms with Crippen molar-refractivity contribution in [3.63, 3.8) is 0 Å². The first kappa shape index (κ1) is 19.5. The number of rotatable bonds is 4. The molecule has 0 atom stereocenters. The first-order valence-corrected chi connectivity index (χ1v) is 8.28. The second-order valence-corrected chi connectivity index (χ2v) is 6.23. The third-order valence-electron chi connectivity index (χ3n) is 4.08. The van der Waals surface area contributed by atoms with Crippen molar-refractivity contribution in [2.75, 3.05) is 0 Å². The van der Waals surface area contributed by atoms with Crippen LogP contribution in [-0.2, 0) is 12.7 Å². The minimum Gasteiger partial charge on any atom is -0.348 e. The van der Waals surface area contributed by atoms with Gasteiger partial charge in [-0.3, -0.25) is 4.79 Å². The van der Waals surface area contributed by atoms with Crippen molar-refractivity contribution in [3.05, 3.63) is 76.6 Å². The first-order valence-electron chi connectivity index (χ1n) is 8.28. The molecule has 0 aliphatic heterocycles. The van der Waals surface area contributed by atoms with Crippen LogP contribution in [-0.4, -0.2) is 20.7 Å². The summed E-state index contributed by atoms with van der Waals surface area (Å²) in [6.07, 6.45) is -3.51. The monoisotopic (exact) mass is 392 g/mol. The molecule has 0 spiro atoms. The molecule has 0 saturated heterocycles. The van der Waals surface area contributed by atoms with Gasteiger partial charge in [0, 0.05) is 30.1 Å². The Labute approximate surface area is 158 Å². The van der Waals surface area contributed by atoms with E-state index in [2.05, 4.69) is 15.4 Å². The molecule has 0 unspecified atom stereocenters.